The third-order valence-electron chi connectivity index (χ3n) is 3.06. The second-order valence-corrected chi connectivity index (χ2v) is 6.65. The Morgan fingerprint density at radius 3 is 2.74 bits per heavy atom. The normalized spacial score (nSPS) is 19.5. The molecule has 0 radical (unpaired) electrons. The highest BCUT2D eigenvalue weighted by molar-refractivity contribution is 7.88. The molecule has 0 atom stereocenters. The molecule has 19 heavy (non-hydrogen) atoms. The van der Waals surface area contributed by atoms with E-state index in [1.54, 1.807) is 13.0 Å². The van der Waals surface area contributed by atoms with E-state index >= 15 is 0 Å². The predicted octanol–water partition coefficient (Wildman–Crippen LogP) is -0.0561. The standard InChI is InChI=1S/C11H18N2O5S/c1-9-6-10(13-18-9)7-19(15,16)12-8-11(14)2-4-17-5-3-11/h6,12,14H,2-5,7-8H2,1H3. The van der Waals surface area contributed by atoms with Gasteiger partial charge in [-0.2, -0.15) is 0 Å². The molecule has 108 valence electrons. The van der Waals surface area contributed by atoms with Crippen LogP contribution in [-0.2, 0) is 20.5 Å². The monoisotopic (exact) mass is 290 g/mol. The van der Waals surface area contributed by atoms with Crippen molar-refractivity contribution >= 4 is 10.0 Å². The molecule has 0 aliphatic carbocycles. The fourth-order valence-electron chi connectivity index (χ4n) is 1.90. The fraction of sp³-hybridized carbons (Fsp3) is 0.727. The number of rotatable bonds is 5. The molecule has 7 nitrogen and oxygen atoms in total. The molecule has 2 rings (SSSR count). The summed E-state index contributed by atoms with van der Waals surface area (Å²) < 4.78 is 36.1. The molecular formula is C11H18N2O5S. The Labute approximate surface area is 112 Å². The van der Waals surface area contributed by atoms with Gasteiger partial charge in [0.2, 0.25) is 10.0 Å². The van der Waals surface area contributed by atoms with Crippen LogP contribution in [-0.4, -0.2) is 44.0 Å². The van der Waals surface area contributed by atoms with Crippen molar-refractivity contribution in [3.63, 3.8) is 0 Å². The molecule has 0 aromatic carbocycles. The number of sulfonamides is 1. The zero-order valence-electron chi connectivity index (χ0n) is 10.8. The van der Waals surface area contributed by atoms with Crippen LogP contribution in [0.3, 0.4) is 0 Å². The van der Waals surface area contributed by atoms with Gasteiger partial charge >= 0.3 is 0 Å². The Kier molecular flexibility index (Phi) is 4.24. The maximum Gasteiger partial charge on any atom is 0.217 e. The summed E-state index contributed by atoms with van der Waals surface area (Å²) in [4.78, 5) is 0. The summed E-state index contributed by atoms with van der Waals surface area (Å²) in [6.07, 6.45) is 0.858. The van der Waals surface area contributed by atoms with Crippen molar-refractivity contribution in [2.45, 2.75) is 31.1 Å². The first-order valence-electron chi connectivity index (χ1n) is 6.08. The first-order chi connectivity index (χ1) is 8.89. The summed E-state index contributed by atoms with van der Waals surface area (Å²) in [5.74, 6) is 0.310. The van der Waals surface area contributed by atoms with E-state index in [1.807, 2.05) is 0 Å². The van der Waals surface area contributed by atoms with Crippen molar-refractivity contribution in [1.29, 1.82) is 0 Å². The molecule has 0 amide bonds. The molecule has 2 heterocycles. The van der Waals surface area contributed by atoms with Crippen LogP contribution in [0.4, 0.5) is 0 Å². The Balaban J connectivity index is 1.90. The highest BCUT2D eigenvalue weighted by Crippen LogP contribution is 2.19. The molecule has 2 N–H and O–H groups in total. The SMILES string of the molecule is Cc1cc(CS(=O)(=O)NCC2(O)CCOCC2)no1. The topological polar surface area (TPSA) is 102 Å². The molecule has 0 bridgehead atoms. The average Bonchev–Trinajstić information content (AvgIpc) is 2.73. The lowest BCUT2D eigenvalue weighted by atomic mass is 9.95. The second kappa shape index (κ2) is 5.58. The summed E-state index contributed by atoms with van der Waals surface area (Å²) in [5.41, 5.74) is -0.672. The smallest absolute Gasteiger partial charge is 0.217 e. The average molecular weight is 290 g/mol. The van der Waals surface area contributed by atoms with Crippen molar-refractivity contribution in [2.24, 2.45) is 0 Å². The summed E-state index contributed by atoms with van der Waals surface area (Å²) in [7, 11) is -3.53. The molecular weight excluding hydrogens is 272 g/mol. The van der Waals surface area contributed by atoms with E-state index in [2.05, 4.69) is 9.88 Å². The van der Waals surface area contributed by atoms with Gasteiger partial charge in [-0.25, -0.2) is 13.1 Å². The Hall–Kier alpha value is -0.960. The minimum atomic E-state index is -3.53. The Morgan fingerprint density at radius 2 is 2.16 bits per heavy atom. The minimum Gasteiger partial charge on any atom is -0.388 e. The van der Waals surface area contributed by atoms with Crippen LogP contribution in [0.5, 0.6) is 0 Å². The van der Waals surface area contributed by atoms with E-state index in [0.29, 0.717) is 37.5 Å². The number of hydrogen-bond acceptors (Lipinski definition) is 6. The summed E-state index contributed by atoms with van der Waals surface area (Å²) in [6.45, 7) is 2.58. The lowest BCUT2D eigenvalue weighted by molar-refractivity contribution is -0.0588. The lowest BCUT2D eigenvalue weighted by Gasteiger charge is -2.31. The van der Waals surface area contributed by atoms with Crippen molar-refractivity contribution in [2.75, 3.05) is 19.8 Å². The molecule has 1 aromatic heterocycles. The number of nitrogens with one attached hydrogen (secondary N) is 1. The van der Waals surface area contributed by atoms with Gasteiger partial charge in [0.05, 0.1) is 5.60 Å². The predicted molar refractivity (Wildman–Crippen MR) is 66.9 cm³/mol. The second-order valence-electron chi connectivity index (χ2n) is 4.85. The van der Waals surface area contributed by atoms with Crippen LogP contribution in [0.25, 0.3) is 0 Å². The summed E-state index contributed by atoms with van der Waals surface area (Å²) in [5, 5.41) is 13.8. The minimum absolute atomic E-state index is 0.00444. The van der Waals surface area contributed by atoms with Crippen LogP contribution in [0.15, 0.2) is 10.6 Å². The van der Waals surface area contributed by atoms with Gasteiger partial charge in [-0.05, 0) is 6.92 Å². The van der Waals surface area contributed by atoms with Gasteiger partial charge < -0.3 is 14.4 Å². The quantitative estimate of drug-likeness (QED) is 0.788. The van der Waals surface area contributed by atoms with Crippen LogP contribution >= 0.6 is 0 Å². The maximum atomic E-state index is 11.9. The van der Waals surface area contributed by atoms with Gasteiger partial charge in [-0.3, -0.25) is 0 Å². The number of ether oxygens (including phenoxy) is 1. The van der Waals surface area contributed by atoms with E-state index < -0.39 is 15.6 Å². The van der Waals surface area contributed by atoms with E-state index in [-0.39, 0.29) is 12.3 Å². The van der Waals surface area contributed by atoms with Crippen molar-refractivity contribution in [3.05, 3.63) is 17.5 Å². The first kappa shape index (κ1) is 14.4. The third-order valence-corrected chi connectivity index (χ3v) is 4.32. The molecule has 1 aliphatic heterocycles. The van der Waals surface area contributed by atoms with Crippen LogP contribution in [0, 0.1) is 6.92 Å². The molecule has 1 aliphatic rings. The van der Waals surface area contributed by atoms with E-state index in [4.69, 9.17) is 9.26 Å². The number of aliphatic hydroxyl groups is 1. The number of hydrogen-bond donors (Lipinski definition) is 2. The zero-order chi connectivity index (χ0) is 13.9. The molecule has 1 fully saturated rings. The van der Waals surface area contributed by atoms with E-state index in [1.165, 1.54) is 0 Å². The Morgan fingerprint density at radius 1 is 1.47 bits per heavy atom. The zero-order valence-corrected chi connectivity index (χ0v) is 11.6. The number of aromatic nitrogens is 1. The van der Waals surface area contributed by atoms with Gasteiger partial charge in [0.15, 0.2) is 0 Å². The largest absolute Gasteiger partial charge is 0.388 e. The van der Waals surface area contributed by atoms with E-state index in [9.17, 15) is 13.5 Å². The summed E-state index contributed by atoms with van der Waals surface area (Å²) >= 11 is 0. The molecule has 0 spiro atoms. The van der Waals surface area contributed by atoms with Crippen LogP contribution < -0.4 is 4.72 Å². The van der Waals surface area contributed by atoms with Crippen molar-refractivity contribution < 1.29 is 22.8 Å². The molecule has 1 saturated heterocycles. The van der Waals surface area contributed by atoms with Gasteiger partial charge in [-0.15, -0.1) is 0 Å². The number of aryl methyl sites for hydroxylation is 1. The van der Waals surface area contributed by atoms with Gasteiger partial charge in [0.1, 0.15) is 17.2 Å². The molecule has 0 saturated carbocycles. The molecule has 8 heteroatoms. The van der Waals surface area contributed by atoms with Crippen molar-refractivity contribution in [1.82, 2.24) is 9.88 Å². The first-order valence-corrected chi connectivity index (χ1v) is 7.73. The molecule has 1 aromatic rings. The van der Waals surface area contributed by atoms with Crippen LogP contribution in [0.1, 0.15) is 24.3 Å². The van der Waals surface area contributed by atoms with Crippen LogP contribution in [0.2, 0.25) is 0 Å². The van der Waals surface area contributed by atoms with Gasteiger partial charge in [0, 0.05) is 38.7 Å². The van der Waals surface area contributed by atoms with Gasteiger partial charge in [-0.1, -0.05) is 5.16 Å². The highest BCUT2D eigenvalue weighted by Gasteiger charge is 2.31. The fourth-order valence-corrected chi connectivity index (χ4v) is 3.02. The molecule has 0 unspecified atom stereocenters. The van der Waals surface area contributed by atoms with Crippen molar-refractivity contribution in [3.8, 4) is 0 Å². The third kappa shape index (κ3) is 4.27. The maximum absolute atomic E-state index is 11.9. The summed E-state index contributed by atoms with van der Waals surface area (Å²) in [6, 6.07) is 1.57. The lowest BCUT2D eigenvalue weighted by Crippen LogP contribution is -2.46. The van der Waals surface area contributed by atoms with E-state index in [0.717, 1.165) is 0 Å². The highest BCUT2D eigenvalue weighted by atomic mass is 32.2. The van der Waals surface area contributed by atoms with Gasteiger partial charge in [0.25, 0.3) is 0 Å². The number of nitrogens with zero attached hydrogens (tertiary/aromatic N) is 1. The Bertz CT molecular complexity index is 519.